The number of rotatable bonds is 57. The molecule has 0 radical (unpaired) electrons. The minimum atomic E-state index is -1.62. The van der Waals surface area contributed by atoms with Crippen LogP contribution in [0.15, 0.2) is 97.2 Å². The Bertz CT molecular complexity index is 1720. The van der Waals surface area contributed by atoms with Gasteiger partial charge in [0.2, 0.25) is 5.91 Å². The van der Waals surface area contributed by atoms with E-state index in [0.717, 1.165) is 116 Å². The molecule has 0 aromatic heterocycles. The Balaban J connectivity index is 2.59. The molecule has 11 heteroatoms. The quantitative estimate of drug-likeness (QED) is 0.0195. The first-order valence-electron chi connectivity index (χ1n) is 34.0. The van der Waals surface area contributed by atoms with Gasteiger partial charge in [-0.15, -0.1) is 0 Å². The number of hydrogen-bond donors (Lipinski definition) is 6. The number of aliphatic hydroxyl groups excluding tert-OH is 5. The maximum Gasteiger partial charge on any atom is 0.306 e. The van der Waals surface area contributed by atoms with Gasteiger partial charge < -0.3 is 45.1 Å². The lowest BCUT2D eigenvalue weighted by Gasteiger charge is -2.41. The number of unbranched alkanes of at least 4 members (excludes halogenated alkanes) is 29. The number of ether oxygens (including phenoxy) is 3. The molecular formula is C72H125NO10. The van der Waals surface area contributed by atoms with Crippen LogP contribution >= 0.6 is 0 Å². The summed E-state index contributed by atoms with van der Waals surface area (Å²) in [6, 6.07) is -1.03. The van der Waals surface area contributed by atoms with E-state index in [2.05, 4.69) is 111 Å². The topological polar surface area (TPSA) is 175 Å². The molecule has 0 saturated carbocycles. The van der Waals surface area contributed by atoms with Crippen molar-refractivity contribution in [3.05, 3.63) is 97.2 Å². The molecule has 1 aliphatic heterocycles. The molecule has 478 valence electrons. The van der Waals surface area contributed by atoms with Crippen LogP contribution in [-0.4, -0.2) is 99.6 Å². The molecule has 0 bridgehead atoms. The number of aliphatic hydroxyl groups is 5. The molecular weight excluding hydrogens is 1040 g/mol. The monoisotopic (exact) mass is 1160 g/mol. The summed E-state index contributed by atoms with van der Waals surface area (Å²) in [4.78, 5) is 26.6. The molecule has 1 heterocycles. The lowest BCUT2D eigenvalue weighted by Crippen LogP contribution is -2.61. The molecule has 1 rings (SSSR count). The number of hydrogen-bond acceptors (Lipinski definition) is 10. The summed E-state index contributed by atoms with van der Waals surface area (Å²) in [5.41, 5.74) is 0. The van der Waals surface area contributed by atoms with E-state index >= 15 is 0 Å². The summed E-state index contributed by atoms with van der Waals surface area (Å²) in [5, 5.41) is 57.1. The fraction of sp³-hybridized carbons (Fsp3) is 0.750. The Labute approximate surface area is 507 Å². The van der Waals surface area contributed by atoms with Gasteiger partial charge in [-0.2, -0.15) is 0 Å². The number of amides is 1. The molecule has 6 N–H and O–H groups in total. The smallest absolute Gasteiger partial charge is 0.306 e. The standard InChI is InChI=1S/C72H125NO10/c1-4-7-10-13-16-19-22-24-26-28-30-31-32-33-34-35-36-38-40-42-45-48-51-54-57-60-67(77)83-70-69(79)68(78)66(61-74)82-72(70)81-62-63(64(75)58-55-52-49-46-43-21-18-15-12-9-6-3)73-71(80)65(76)59-56-53-50-47-44-41-39-37-29-27-25-23-20-17-14-11-8-5-2/h7,10,16-17,19-20,24-27,30-31,33-34,55,58,63-66,68-70,72,74-76,78-79H,4-6,8-9,11-15,18,21-23,28-29,32,35-54,56-57,59-62H2,1-3H3,(H,73,80)/b10-7-,19-16-,20-17-,26-24-,27-25-,31-30-,34-33-,58-55+. The van der Waals surface area contributed by atoms with E-state index in [-0.39, 0.29) is 19.4 Å². The Kier molecular flexibility index (Phi) is 55.1. The average molecular weight is 1160 g/mol. The van der Waals surface area contributed by atoms with Crippen LogP contribution in [0.25, 0.3) is 0 Å². The molecule has 0 aromatic rings. The maximum absolute atomic E-state index is 13.4. The van der Waals surface area contributed by atoms with Gasteiger partial charge in [0.15, 0.2) is 12.4 Å². The highest BCUT2D eigenvalue weighted by atomic mass is 16.7. The largest absolute Gasteiger partial charge is 0.454 e. The number of esters is 1. The molecule has 0 aliphatic carbocycles. The zero-order valence-electron chi connectivity index (χ0n) is 53.0. The summed E-state index contributed by atoms with van der Waals surface area (Å²) in [6.45, 7) is 5.65. The SMILES string of the molecule is CC/C=C\C/C=C\C/C=C\C/C=C\C/C=C\CCCCCCCCCCCC(=O)OC1C(OCC(NC(=O)C(O)CCCCCCCCCC/C=C\C/C=C\CCCCC)C(O)/C=C/CCCCCCCCCCC)OC(CO)C(O)C1O. The van der Waals surface area contributed by atoms with Crippen molar-refractivity contribution in [3.8, 4) is 0 Å². The van der Waals surface area contributed by atoms with Crippen molar-refractivity contribution in [3.63, 3.8) is 0 Å². The van der Waals surface area contributed by atoms with Crippen molar-refractivity contribution in [1.82, 2.24) is 5.32 Å². The van der Waals surface area contributed by atoms with Gasteiger partial charge in [-0.05, 0) is 103 Å². The second kappa shape index (κ2) is 58.9. The maximum atomic E-state index is 13.4. The van der Waals surface area contributed by atoms with E-state index in [0.29, 0.717) is 12.8 Å². The third kappa shape index (κ3) is 46.5. The average Bonchev–Trinajstić information content (AvgIpc) is 3.67. The van der Waals surface area contributed by atoms with Crippen LogP contribution in [0, 0.1) is 0 Å². The summed E-state index contributed by atoms with van der Waals surface area (Å²) in [6.07, 6.45) is 68.7. The van der Waals surface area contributed by atoms with Crippen molar-refractivity contribution >= 4 is 11.9 Å². The van der Waals surface area contributed by atoms with E-state index in [1.54, 1.807) is 6.08 Å². The van der Waals surface area contributed by atoms with E-state index < -0.39 is 67.4 Å². The number of carbonyl (C=O) groups is 2. The molecule has 8 atom stereocenters. The lowest BCUT2D eigenvalue weighted by molar-refractivity contribution is -0.305. The Morgan fingerprint density at radius 1 is 0.482 bits per heavy atom. The molecule has 0 spiro atoms. The van der Waals surface area contributed by atoms with E-state index in [1.165, 1.54) is 122 Å². The minimum absolute atomic E-state index is 0.111. The highest BCUT2D eigenvalue weighted by molar-refractivity contribution is 5.80. The van der Waals surface area contributed by atoms with Gasteiger partial charge >= 0.3 is 5.97 Å². The summed E-state index contributed by atoms with van der Waals surface area (Å²) in [7, 11) is 0. The first-order valence-corrected chi connectivity index (χ1v) is 34.0. The number of allylic oxidation sites excluding steroid dienone is 15. The van der Waals surface area contributed by atoms with E-state index in [4.69, 9.17) is 14.2 Å². The van der Waals surface area contributed by atoms with Gasteiger partial charge in [-0.3, -0.25) is 9.59 Å². The Hall–Kier alpha value is -3.42. The zero-order chi connectivity index (χ0) is 60.3. The Morgan fingerprint density at radius 2 is 0.867 bits per heavy atom. The zero-order valence-corrected chi connectivity index (χ0v) is 53.0. The van der Waals surface area contributed by atoms with Crippen molar-refractivity contribution in [2.24, 2.45) is 0 Å². The minimum Gasteiger partial charge on any atom is -0.454 e. The van der Waals surface area contributed by atoms with Crippen molar-refractivity contribution in [1.29, 1.82) is 0 Å². The highest BCUT2D eigenvalue weighted by Gasteiger charge is 2.47. The van der Waals surface area contributed by atoms with Crippen LogP contribution in [-0.2, 0) is 23.8 Å². The molecule has 1 aliphatic rings. The predicted octanol–water partition coefficient (Wildman–Crippen LogP) is 17.1. The first kappa shape index (κ1) is 77.6. The predicted molar refractivity (Wildman–Crippen MR) is 347 cm³/mol. The summed E-state index contributed by atoms with van der Waals surface area (Å²) < 4.78 is 17.7. The number of nitrogens with one attached hydrogen (secondary N) is 1. The van der Waals surface area contributed by atoms with Crippen molar-refractivity contribution < 1.29 is 49.3 Å². The molecule has 1 amide bonds. The van der Waals surface area contributed by atoms with Crippen molar-refractivity contribution in [2.75, 3.05) is 13.2 Å². The lowest BCUT2D eigenvalue weighted by atomic mass is 9.99. The van der Waals surface area contributed by atoms with Crippen molar-refractivity contribution in [2.45, 2.75) is 333 Å². The second-order valence-electron chi connectivity index (χ2n) is 23.2. The van der Waals surface area contributed by atoms with Gasteiger partial charge in [-0.25, -0.2) is 0 Å². The molecule has 83 heavy (non-hydrogen) atoms. The van der Waals surface area contributed by atoms with Crippen LogP contribution < -0.4 is 5.32 Å². The van der Waals surface area contributed by atoms with E-state index in [9.17, 15) is 35.1 Å². The first-order chi connectivity index (χ1) is 40.7. The van der Waals surface area contributed by atoms with Gasteiger partial charge in [-0.1, -0.05) is 272 Å². The fourth-order valence-electron chi connectivity index (χ4n) is 10.1. The number of carbonyl (C=O) groups excluding carboxylic acids is 2. The van der Waals surface area contributed by atoms with Crippen LogP contribution in [0.1, 0.15) is 284 Å². The van der Waals surface area contributed by atoms with Gasteiger partial charge in [0, 0.05) is 6.42 Å². The highest BCUT2D eigenvalue weighted by Crippen LogP contribution is 2.26. The third-order valence-corrected chi connectivity index (χ3v) is 15.5. The molecule has 0 aromatic carbocycles. The third-order valence-electron chi connectivity index (χ3n) is 15.5. The van der Waals surface area contributed by atoms with E-state index in [1.807, 2.05) is 6.08 Å². The van der Waals surface area contributed by atoms with Crippen LogP contribution in [0.4, 0.5) is 0 Å². The van der Waals surface area contributed by atoms with Gasteiger partial charge in [0.05, 0.1) is 25.4 Å². The van der Waals surface area contributed by atoms with Gasteiger partial charge in [0.1, 0.15) is 24.4 Å². The van der Waals surface area contributed by atoms with Crippen LogP contribution in [0.2, 0.25) is 0 Å². The fourth-order valence-corrected chi connectivity index (χ4v) is 10.1. The molecule has 1 fully saturated rings. The second-order valence-corrected chi connectivity index (χ2v) is 23.2. The molecule has 1 saturated heterocycles. The normalized spacial score (nSPS) is 19.2. The molecule has 11 nitrogen and oxygen atoms in total. The summed E-state index contributed by atoms with van der Waals surface area (Å²) in [5.74, 6) is -1.21. The summed E-state index contributed by atoms with van der Waals surface area (Å²) >= 11 is 0. The van der Waals surface area contributed by atoms with Crippen LogP contribution in [0.5, 0.6) is 0 Å². The molecule has 8 unspecified atom stereocenters. The van der Waals surface area contributed by atoms with Crippen LogP contribution in [0.3, 0.4) is 0 Å². The Morgan fingerprint density at radius 3 is 1.33 bits per heavy atom. The van der Waals surface area contributed by atoms with Gasteiger partial charge in [0.25, 0.3) is 0 Å².